The molecule has 0 bridgehead atoms. The predicted molar refractivity (Wildman–Crippen MR) is 79.6 cm³/mol. The summed E-state index contributed by atoms with van der Waals surface area (Å²) in [5, 5.41) is 3.35. The molecule has 20 heavy (non-hydrogen) atoms. The van der Waals surface area contributed by atoms with Crippen LogP contribution in [0.5, 0.6) is 0 Å². The van der Waals surface area contributed by atoms with Gasteiger partial charge < -0.3 is 15.0 Å². The first-order valence-electron chi connectivity index (χ1n) is 7.71. The van der Waals surface area contributed by atoms with Gasteiger partial charge in [0.15, 0.2) is 5.96 Å². The largest absolute Gasteiger partial charge is 0.469 e. The van der Waals surface area contributed by atoms with Gasteiger partial charge in [-0.3, -0.25) is 9.79 Å². The van der Waals surface area contributed by atoms with Gasteiger partial charge in [0, 0.05) is 19.6 Å². The van der Waals surface area contributed by atoms with Crippen LogP contribution in [0.3, 0.4) is 0 Å². The standard InChI is InChI=1S/C15H27N3O2/c1-4-16-14(17-10-12(2)13(19)20-3)18-9-8-15(11-18)6-5-7-15/h12H,4-11H2,1-3H3,(H,16,17). The second-order valence-corrected chi connectivity index (χ2v) is 6.14. The molecule has 1 atom stereocenters. The van der Waals surface area contributed by atoms with Crippen LogP contribution in [0.4, 0.5) is 0 Å². The second-order valence-electron chi connectivity index (χ2n) is 6.14. The molecule has 1 aliphatic heterocycles. The van der Waals surface area contributed by atoms with Crippen molar-refractivity contribution >= 4 is 11.9 Å². The number of rotatable bonds is 4. The summed E-state index contributed by atoms with van der Waals surface area (Å²) in [7, 11) is 1.43. The number of nitrogens with zero attached hydrogens (tertiary/aromatic N) is 2. The molecule has 0 aromatic rings. The van der Waals surface area contributed by atoms with Crippen LogP contribution in [0.15, 0.2) is 4.99 Å². The number of methoxy groups -OCH3 is 1. The van der Waals surface area contributed by atoms with Crippen LogP contribution in [-0.2, 0) is 9.53 Å². The first-order chi connectivity index (χ1) is 9.60. The highest BCUT2D eigenvalue weighted by Crippen LogP contribution is 2.47. The van der Waals surface area contributed by atoms with E-state index >= 15 is 0 Å². The summed E-state index contributed by atoms with van der Waals surface area (Å²) < 4.78 is 4.75. The van der Waals surface area contributed by atoms with Crippen molar-refractivity contribution in [2.45, 2.75) is 39.5 Å². The highest BCUT2D eigenvalue weighted by atomic mass is 16.5. The smallest absolute Gasteiger partial charge is 0.310 e. The van der Waals surface area contributed by atoms with Crippen molar-refractivity contribution in [3.05, 3.63) is 0 Å². The van der Waals surface area contributed by atoms with Gasteiger partial charge in [0.2, 0.25) is 0 Å². The van der Waals surface area contributed by atoms with Gasteiger partial charge in [-0.15, -0.1) is 0 Å². The number of likely N-dealkylation sites (tertiary alicyclic amines) is 1. The van der Waals surface area contributed by atoms with E-state index < -0.39 is 0 Å². The van der Waals surface area contributed by atoms with Gasteiger partial charge in [-0.25, -0.2) is 0 Å². The Kier molecular flexibility index (Phi) is 4.89. The minimum atomic E-state index is -0.193. The lowest BCUT2D eigenvalue weighted by Gasteiger charge is -2.38. The van der Waals surface area contributed by atoms with Crippen LogP contribution in [0, 0.1) is 11.3 Å². The van der Waals surface area contributed by atoms with Crippen molar-refractivity contribution in [2.75, 3.05) is 33.3 Å². The van der Waals surface area contributed by atoms with E-state index in [0.717, 1.165) is 25.6 Å². The summed E-state index contributed by atoms with van der Waals surface area (Å²) in [5.74, 6) is 0.572. The van der Waals surface area contributed by atoms with Gasteiger partial charge >= 0.3 is 5.97 Å². The van der Waals surface area contributed by atoms with Gasteiger partial charge in [0.05, 0.1) is 19.6 Å². The molecule has 5 heteroatoms. The van der Waals surface area contributed by atoms with Crippen LogP contribution < -0.4 is 5.32 Å². The fourth-order valence-corrected chi connectivity index (χ4v) is 3.13. The average molecular weight is 281 g/mol. The second kappa shape index (κ2) is 6.46. The molecule has 1 N–H and O–H groups in total. The predicted octanol–water partition coefficient (Wildman–Crippen LogP) is 1.64. The van der Waals surface area contributed by atoms with Crippen molar-refractivity contribution in [1.29, 1.82) is 0 Å². The van der Waals surface area contributed by atoms with Gasteiger partial charge in [-0.05, 0) is 31.6 Å². The molecular formula is C15H27N3O2. The number of esters is 1. The summed E-state index contributed by atoms with van der Waals surface area (Å²) in [6.45, 7) is 7.47. The summed E-state index contributed by atoms with van der Waals surface area (Å²) in [4.78, 5) is 18.4. The van der Waals surface area contributed by atoms with Crippen LogP contribution in [0.2, 0.25) is 0 Å². The molecule has 114 valence electrons. The highest BCUT2D eigenvalue weighted by molar-refractivity contribution is 5.81. The summed E-state index contributed by atoms with van der Waals surface area (Å²) in [6.07, 6.45) is 5.38. The number of carbonyl (C=O) groups excluding carboxylic acids is 1. The third-order valence-electron chi connectivity index (χ3n) is 4.61. The number of hydrogen-bond donors (Lipinski definition) is 1. The lowest BCUT2D eigenvalue weighted by Crippen LogP contribution is -2.42. The van der Waals surface area contributed by atoms with Crippen LogP contribution in [0.1, 0.15) is 39.5 Å². The molecule has 1 saturated heterocycles. The van der Waals surface area contributed by atoms with E-state index in [1.807, 2.05) is 6.92 Å². The minimum Gasteiger partial charge on any atom is -0.469 e. The maximum absolute atomic E-state index is 11.4. The Morgan fingerprint density at radius 2 is 2.20 bits per heavy atom. The first-order valence-corrected chi connectivity index (χ1v) is 7.71. The molecule has 2 fully saturated rings. The Morgan fingerprint density at radius 1 is 1.45 bits per heavy atom. The molecule has 5 nitrogen and oxygen atoms in total. The summed E-state index contributed by atoms with van der Waals surface area (Å²) >= 11 is 0. The fraction of sp³-hybridized carbons (Fsp3) is 0.867. The van der Waals surface area contributed by atoms with Crippen LogP contribution >= 0.6 is 0 Å². The van der Waals surface area contributed by atoms with E-state index in [4.69, 9.17) is 4.74 Å². The normalized spacial score (nSPS) is 22.6. The van der Waals surface area contributed by atoms with Crippen molar-refractivity contribution < 1.29 is 9.53 Å². The zero-order valence-corrected chi connectivity index (χ0v) is 12.9. The lowest BCUT2D eigenvalue weighted by molar-refractivity contribution is -0.144. The van der Waals surface area contributed by atoms with Crippen molar-refractivity contribution in [1.82, 2.24) is 10.2 Å². The van der Waals surface area contributed by atoms with E-state index in [1.54, 1.807) is 0 Å². The van der Waals surface area contributed by atoms with Gasteiger partial charge in [-0.2, -0.15) is 0 Å². The molecule has 1 spiro atoms. The van der Waals surface area contributed by atoms with Gasteiger partial charge in [0.1, 0.15) is 0 Å². The molecule has 1 heterocycles. The Balaban J connectivity index is 1.94. The van der Waals surface area contributed by atoms with E-state index in [0.29, 0.717) is 12.0 Å². The maximum atomic E-state index is 11.4. The molecule has 2 rings (SSSR count). The van der Waals surface area contributed by atoms with E-state index in [2.05, 4.69) is 22.1 Å². The number of nitrogens with one attached hydrogen (secondary N) is 1. The zero-order chi connectivity index (χ0) is 14.6. The summed E-state index contributed by atoms with van der Waals surface area (Å²) in [6, 6.07) is 0. The van der Waals surface area contributed by atoms with Crippen molar-refractivity contribution in [3.63, 3.8) is 0 Å². The van der Waals surface area contributed by atoms with Crippen LogP contribution in [0.25, 0.3) is 0 Å². The maximum Gasteiger partial charge on any atom is 0.310 e. The monoisotopic (exact) mass is 281 g/mol. The topological polar surface area (TPSA) is 53.9 Å². The van der Waals surface area contributed by atoms with Gasteiger partial charge in [-0.1, -0.05) is 13.3 Å². The Labute approximate surface area is 121 Å². The molecule has 0 amide bonds. The number of aliphatic imine (C=N–C) groups is 1. The molecule has 0 radical (unpaired) electrons. The third kappa shape index (κ3) is 3.25. The lowest BCUT2D eigenvalue weighted by atomic mass is 9.68. The Hall–Kier alpha value is -1.26. The third-order valence-corrected chi connectivity index (χ3v) is 4.61. The molecule has 2 aliphatic rings. The van der Waals surface area contributed by atoms with Gasteiger partial charge in [0.25, 0.3) is 0 Å². The Morgan fingerprint density at radius 3 is 2.70 bits per heavy atom. The van der Waals surface area contributed by atoms with E-state index in [1.165, 1.54) is 32.8 Å². The quantitative estimate of drug-likeness (QED) is 0.483. The van der Waals surface area contributed by atoms with E-state index in [-0.39, 0.29) is 11.9 Å². The van der Waals surface area contributed by atoms with Crippen molar-refractivity contribution in [3.8, 4) is 0 Å². The summed E-state index contributed by atoms with van der Waals surface area (Å²) in [5.41, 5.74) is 0.560. The van der Waals surface area contributed by atoms with E-state index in [9.17, 15) is 4.79 Å². The molecule has 1 aliphatic carbocycles. The molecule has 1 unspecified atom stereocenters. The number of hydrogen-bond acceptors (Lipinski definition) is 3. The molecule has 0 aromatic carbocycles. The SMILES string of the molecule is CCNC(=NCC(C)C(=O)OC)N1CCC2(CCC2)C1. The Bertz CT molecular complexity index is 377. The average Bonchev–Trinajstić information content (AvgIpc) is 2.87. The molecular weight excluding hydrogens is 254 g/mol. The molecule has 1 saturated carbocycles. The fourth-order valence-electron chi connectivity index (χ4n) is 3.13. The highest BCUT2D eigenvalue weighted by Gasteiger charge is 2.43. The molecule has 0 aromatic heterocycles. The minimum absolute atomic E-state index is 0.186. The van der Waals surface area contributed by atoms with Crippen molar-refractivity contribution in [2.24, 2.45) is 16.3 Å². The van der Waals surface area contributed by atoms with Crippen LogP contribution in [-0.4, -0.2) is 50.1 Å². The number of guanidine groups is 1. The number of ether oxygens (including phenoxy) is 1. The zero-order valence-electron chi connectivity index (χ0n) is 12.9. The first kappa shape index (κ1) is 15.1. The number of carbonyl (C=O) groups is 1.